The molecule has 0 aliphatic carbocycles. The lowest BCUT2D eigenvalue weighted by molar-refractivity contribution is -0.119. The van der Waals surface area contributed by atoms with Crippen LogP contribution in [-0.2, 0) is 14.8 Å². The molecule has 0 heterocycles. The molecule has 3 aromatic rings. The van der Waals surface area contributed by atoms with E-state index in [0.29, 0.717) is 17.1 Å². The Labute approximate surface area is 206 Å². The number of ether oxygens (including phenoxy) is 2. The van der Waals surface area contributed by atoms with Gasteiger partial charge in [0, 0.05) is 6.07 Å². The minimum Gasteiger partial charge on any atom is -0.493 e. The van der Waals surface area contributed by atoms with E-state index in [9.17, 15) is 13.2 Å². The Balaban J connectivity index is 1.91. The van der Waals surface area contributed by atoms with Crippen LogP contribution in [0, 0.1) is 13.8 Å². The lowest BCUT2D eigenvalue weighted by Crippen LogP contribution is -2.39. The zero-order valence-electron chi connectivity index (χ0n) is 20.4. The molecule has 35 heavy (non-hydrogen) atoms. The van der Waals surface area contributed by atoms with Crippen molar-refractivity contribution < 1.29 is 22.7 Å². The third-order valence-corrected chi connectivity index (χ3v) is 7.14. The Morgan fingerprint density at radius 3 is 2.03 bits per heavy atom. The van der Waals surface area contributed by atoms with Crippen LogP contribution in [0.5, 0.6) is 11.5 Å². The van der Waals surface area contributed by atoms with Crippen LogP contribution < -0.4 is 19.2 Å². The third kappa shape index (κ3) is 6.19. The Morgan fingerprint density at radius 2 is 1.46 bits per heavy atom. The maximum absolute atomic E-state index is 13.6. The second-order valence-corrected chi connectivity index (χ2v) is 9.82. The Kier molecular flexibility index (Phi) is 8.14. The quantitative estimate of drug-likeness (QED) is 0.357. The van der Waals surface area contributed by atoms with Gasteiger partial charge in [0.15, 0.2) is 11.5 Å². The third-order valence-electron chi connectivity index (χ3n) is 5.37. The van der Waals surface area contributed by atoms with Crippen LogP contribution in [-0.4, -0.2) is 40.8 Å². The summed E-state index contributed by atoms with van der Waals surface area (Å²) in [7, 11) is -1.24. The normalized spacial score (nSPS) is 11.6. The summed E-state index contributed by atoms with van der Waals surface area (Å²) in [5.41, 5.74) is 6.34. The van der Waals surface area contributed by atoms with Crippen LogP contribution in [0.15, 0.2) is 76.7 Å². The molecule has 0 aliphatic heterocycles. The molecule has 3 rings (SSSR count). The van der Waals surface area contributed by atoms with Crippen molar-refractivity contribution >= 4 is 27.3 Å². The van der Waals surface area contributed by atoms with Crippen LogP contribution in [0.1, 0.15) is 23.6 Å². The molecule has 0 spiro atoms. The van der Waals surface area contributed by atoms with Crippen molar-refractivity contribution in [1.29, 1.82) is 0 Å². The van der Waals surface area contributed by atoms with E-state index in [1.807, 2.05) is 38.1 Å². The number of carbonyl (C=O) groups excluding carboxylic acids is 1. The molecule has 1 amide bonds. The molecule has 1 N–H and O–H groups in total. The average Bonchev–Trinajstić information content (AvgIpc) is 2.86. The number of methoxy groups -OCH3 is 2. The first-order valence-electron chi connectivity index (χ1n) is 10.9. The number of rotatable bonds is 9. The average molecular weight is 496 g/mol. The molecule has 8 nitrogen and oxygen atoms in total. The van der Waals surface area contributed by atoms with Gasteiger partial charge in [-0.25, -0.2) is 13.8 Å². The number of amides is 1. The summed E-state index contributed by atoms with van der Waals surface area (Å²) in [4.78, 5) is 12.8. The number of hydrogen-bond acceptors (Lipinski definition) is 6. The highest BCUT2D eigenvalue weighted by Crippen LogP contribution is 2.32. The topological polar surface area (TPSA) is 97.3 Å². The first-order valence-corrected chi connectivity index (χ1v) is 12.3. The number of carbonyl (C=O) groups is 1. The van der Waals surface area contributed by atoms with Crippen molar-refractivity contribution in [2.45, 2.75) is 25.7 Å². The van der Waals surface area contributed by atoms with Gasteiger partial charge in [0.25, 0.3) is 15.9 Å². The predicted octanol–water partition coefficient (Wildman–Crippen LogP) is 4.06. The van der Waals surface area contributed by atoms with E-state index in [0.717, 1.165) is 21.0 Å². The molecule has 0 atom stereocenters. The molecule has 184 valence electrons. The molecule has 0 saturated heterocycles. The first kappa shape index (κ1) is 25.8. The van der Waals surface area contributed by atoms with Gasteiger partial charge in [0.1, 0.15) is 6.54 Å². The van der Waals surface area contributed by atoms with Gasteiger partial charge >= 0.3 is 0 Å². The summed E-state index contributed by atoms with van der Waals surface area (Å²) in [6.45, 7) is 5.18. The van der Waals surface area contributed by atoms with Crippen molar-refractivity contribution in [1.82, 2.24) is 5.43 Å². The van der Waals surface area contributed by atoms with Crippen LogP contribution in [0.3, 0.4) is 0 Å². The maximum atomic E-state index is 13.6. The first-order chi connectivity index (χ1) is 16.6. The van der Waals surface area contributed by atoms with Gasteiger partial charge in [-0.15, -0.1) is 0 Å². The second-order valence-electron chi connectivity index (χ2n) is 7.96. The van der Waals surface area contributed by atoms with Crippen LogP contribution in [0.4, 0.5) is 5.69 Å². The van der Waals surface area contributed by atoms with Gasteiger partial charge in [0.05, 0.1) is 30.5 Å². The molecule has 0 unspecified atom stereocenters. The van der Waals surface area contributed by atoms with Crippen molar-refractivity contribution in [3.05, 3.63) is 83.4 Å². The van der Waals surface area contributed by atoms with E-state index in [2.05, 4.69) is 10.5 Å². The Hall–Kier alpha value is -3.85. The lowest BCUT2D eigenvalue weighted by Gasteiger charge is -2.24. The summed E-state index contributed by atoms with van der Waals surface area (Å²) < 4.78 is 38.8. The van der Waals surface area contributed by atoms with Gasteiger partial charge in [0.2, 0.25) is 0 Å². The van der Waals surface area contributed by atoms with Crippen molar-refractivity contribution in [3.8, 4) is 11.5 Å². The second kappa shape index (κ2) is 11.1. The van der Waals surface area contributed by atoms with Crippen molar-refractivity contribution in [3.63, 3.8) is 0 Å². The minimum atomic E-state index is -4.13. The number of aryl methyl sites for hydroxylation is 2. The van der Waals surface area contributed by atoms with Crippen LogP contribution in [0.25, 0.3) is 0 Å². The summed E-state index contributed by atoms with van der Waals surface area (Å²) >= 11 is 0. The number of benzene rings is 3. The fraction of sp³-hybridized carbons (Fsp3) is 0.231. The maximum Gasteiger partial charge on any atom is 0.264 e. The standard InChI is InChI=1S/C26H29N3O5S/c1-18-6-10-21(11-7-18)20(3)27-28-26(30)17-29(22-12-8-19(2)9-13-22)35(31,32)23-14-15-24(33-4)25(16-23)34-5/h6-16H,17H2,1-5H3,(H,28,30)/b27-20+. The monoisotopic (exact) mass is 495 g/mol. The summed E-state index contributed by atoms with van der Waals surface area (Å²) in [5, 5.41) is 4.15. The van der Waals surface area contributed by atoms with Gasteiger partial charge < -0.3 is 9.47 Å². The largest absolute Gasteiger partial charge is 0.493 e. The Morgan fingerprint density at radius 1 is 0.886 bits per heavy atom. The molecule has 0 aliphatic rings. The number of hydrogen-bond donors (Lipinski definition) is 1. The molecule has 0 saturated carbocycles. The molecular formula is C26H29N3O5S. The van der Waals surface area contributed by atoms with E-state index in [1.165, 1.54) is 32.4 Å². The molecule has 0 fully saturated rings. The fourth-order valence-electron chi connectivity index (χ4n) is 3.30. The zero-order chi connectivity index (χ0) is 25.6. The molecule has 0 aromatic heterocycles. The van der Waals surface area contributed by atoms with E-state index in [4.69, 9.17) is 9.47 Å². The summed E-state index contributed by atoms with van der Waals surface area (Å²) in [5.74, 6) is 0.0771. The number of anilines is 1. The van der Waals surface area contributed by atoms with Crippen molar-refractivity contribution in [2.75, 3.05) is 25.1 Å². The number of sulfonamides is 1. The highest BCUT2D eigenvalue weighted by atomic mass is 32.2. The smallest absolute Gasteiger partial charge is 0.264 e. The molecule has 0 bridgehead atoms. The highest BCUT2D eigenvalue weighted by Gasteiger charge is 2.28. The molecule has 0 radical (unpaired) electrons. The predicted molar refractivity (Wildman–Crippen MR) is 137 cm³/mol. The number of nitrogens with zero attached hydrogens (tertiary/aromatic N) is 2. The summed E-state index contributed by atoms with van der Waals surface area (Å²) in [6, 6.07) is 18.9. The zero-order valence-corrected chi connectivity index (χ0v) is 21.2. The number of nitrogens with one attached hydrogen (secondary N) is 1. The SMILES string of the molecule is COc1ccc(S(=O)(=O)N(CC(=O)N/N=C(\C)c2ccc(C)cc2)c2ccc(C)cc2)cc1OC. The molecular weight excluding hydrogens is 466 g/mol. The van der Waals surface area contributed by atoms with E-state index in [1.54, 1.807) is 31.2 Å². The summed E-state index contributed by atoms with van der Waals surface area (Å²) in [6.07, 6.45) is 0. The lowest BCUT2D eigenvalue weighted by atomic mass is 10.1. The highest BCUT2D eigenvalue weighted by molar-refractivity contribution is 7.92. The van der Waals surface area contributed by atoms with E-state index < -0.39 is 22.5 Å². The van der Waals surface area contributed by atoms with Gasteiger partial charge in [-0.05, 0) is 50.6 Å². The van der Waals surface area contributed by atoms with Crippen LogP contribution in [0.2, 0.25) is 0 Å². The van der Waals surface area contributed by atoms with Gasteiger partial charge in [-0.2, -0.15) is 5.10 Å². The van der Waals surface area contributed by atoms with E-state index >= 15 is 0 Å². The fourth-order valence-corrected chi connectivity index (χ4v) is 4.74. The van der Waals surface area contributed by atoms with E-state index in [-0.39, 0.29) is 10.6 Å². The van der Waals surface area contributed by atoms with Gasteiger partial charge in [-0.1, -0.05) is 47.5 Å². The molecule has 9 heteroatoms. The molecule has 3 aromatic carbocycles. The van der Waals surface area contributed by atoms with Crippen LogP contribution >= 0.6 is 0 Å². The van der Waals surface area contributed by atoms with Crippen molar-refractivity contribution in [2.24, 2.45) is 5.10 Å². The minimum absolute atomic E-state index is 0.0390. The number of hydrazone groups is 1. The Bertz CT molecular complexity index is 1320. The van der Waals surface area contributed by atoms with Gasteiger partial charge in [-0.3, -0.25) is 9.10 Å².